The lowest BCUT2D eigenvalue weighted by Crippen LogP contribution is -2.44. The van der Waals surface area contributed by atoms with Crippen molar-refractivity contribution in [1.29, 1.82) is 0 Å². The number of nitrogens with zero attached hydrogens (tertiary/aromatic N) is 2. The van der Waals surface area contributed by atoms with E-state index in [0.717, 1.165) is 65.3 Å². The topological polar surface area (TPSA) is 58.8 Å². The van der Waals surface area contributed by atoms with Crippen molar-refractivity contribution >= 4 is 5.91 Å². The van der Waals surface area contributed by atoms with Crippen molar-refractivity contribution in [1.82, 2.24) is 9.80 Å². The van der Waals surface area contributed by atoms with Crippen LogP contribution in [0.25, 0.3) is 0 Å². The molecule has 2 fully saturated rings. The molecule has 0 spiro atoms. The summed E-state index contributed by atoms with van der Waals surface area (Å²) in [5.74, 6) is -0.0209. The van der Waals surface area contributed by atoms with Crippen LogP contribution in [0.3, 0.4) is 0 Å². The van der Waals surface area contributed by atoms with Gasteiger partial charge in [-0.2, -0.15) is 0 Å². The van der Waals surface area contributed by atoms with Crippen LogP contribution in [0.4, 0.5) is 0 Å². The van der Waals surface area contributed by atoms with Gasteiger partial charge in [-0.1, -0.05) is 0 Å². The predicted molar refractivity (Wildman–Crippen MR) is 65.6 cm³/mol. The summed E-state index contributed by atoms with van der Waals surface area (Å²) in [6.07, 6.45) is 1.86. The number of primary amides is 1. The third-order valence-electron chi connectivity index (χ3n) is 3.83. The number of carbonyl (C=O) groups excluding carboxylic acids is 1. The van der Waals surface area contributed by atoms with Crippen LogP contribution >= 0.6 is 0 Å². The highest BCUT2D eigenvalue weighted by molar-refractivity contribution is 5.76. The second-order valence-electron chi connectivity index (χ2n) is 4.97. The van der Waals surface area contributed by atoms with Crippen LogP contribution in [-0.2, 0) is 9.53 Å². The molecular formula is C12H23N3O2. The Hall–Kier alpha value is -0.650. The molecule has 0 atom stereocenters. The zero-order chi connectivity index (χ0) is 12.1. The first kappa shape index (κ1) is 12.8. The Morgan fingerprint density at radius 2 is 1.59 bits per heavy atom. The van der Waals surface area contributed by atoms with Gasteiger partial charge in [0.05, 0.1) is 13.2 Å². The molecule has 2 aliphatic rings. The smallest absolute Gasteiger partial charge is 0.220 e. The van der Waals surface area contributed by atoms with Crippen LogP contribution in [0.15, 0.2) is 0 Å². The highest BCUT2D eigenvalue weighted by atomic mass is 16.5. The summed E-state index contributed by atoms with van der Waals surface area (Å²) in [5, 5.41) is 0. The lowest BCUT2D eigenvalue weighted by atomic mass is 9.96. The monoisotopic (exact) mass is 241 g/mol. The first-order chi connectivity index (χ1) is 8.25. The molecule has 0 radical (unpaired) electrons. The number of rotatable bonds is 4. The quantitative estimate of drug-likeness (QED) is 0.722. The summed E-state index contributed by atoms with van der Waals surface area (Å²) < 4.78 is 5.33. The van der Waals surface area contributed by atoms with Gasteiger partial charge in [0.15, 0.2) is 0 Å². The zero-order valence-electron chi connectivity index (χ0n) is 10.4. The van der Waals surface area contributed by atoms with E-state index in [1.165, 1.54) is 0 Å². The lowest BCUT2D eigenvalue weighted by molar-refractivity contribution is -0.123. The number of ether oxygens (including phenoxy) is 1. The van der Waals surface area contributed by atoms with Crippen LogP contribution in [-0.4, -0.2) is 68.2 Å². The van der Waals surface area contributed by atoms with Crippen molar-refractivity contribution in [2.24, 2.45) is 11.7 Å². The lowest BCUT2D eigenvalue weighted by Gasteiger charge is -2.33. The number of hydrogen-bond acceptors (Lipinski definition) is 4. The van der Waals surface area contributed by atoms with Crippen molar-refractivity contribution < 1.29 is 9.53 Å². The second-order valence-corrected chi connectivity index (χ2v) is 4.97. The minimum atomic E-state index is -0.127. The third kappa shape index (κ3) is 3.94. The number of hydrogen-bond donors (Lipinski definition) is 1. The Morgan fingerprint density at radius 3 is 2.12 bits per heavy atom. The van der Waals surface area contributed by atoms with Gasteiger partial charge in [-0.3, -0.25) is 9.69 Å². The molecule has 0 aromatic heterocycles. The molecule has 0 saturated carbocycles. The van der Waals surface area contributed by atoms with E-state index in [-0.39, 0.29) is 11.8 Å². The molecule has 5 heteroatoms. The number of nitrogens with two attached hydrogens (primary N) is 1. The van der Waals surface area contributed by atoms with E-state index < -0.39 is 0 Å². The average Bonchev–Trinajstić information content (AvgIpc) is 2.38. The van der Waals surface area contributed by atoms with Crippen LogP contribution in [0, 0.1) is 5.92 Å². The standard InChI is InChI=1S/C12H23N3O2/c13-12(16)11-1-3-14(4-2-11)5-6-15-7-9-17-10-8-15/h11H,1-10H2,(H2,13,16). The van der Waals surface area contributed by atoms with Crippen molar-refractivity contribution in [3.63, 3.8) is 0 Å². The minimum Gasteiger partial charge on any atom is -0.379 e. The summed E-state index contributed by atoms with van der Waals surface area (Å²) in [7, 11) is 0. The molecule has 5 nitrogen and oxygen atoms in total. The van der Waals surface area contributed by atoms with Gasteiger partial charge in [-0.25, -0.2) is 0 Å². The molecule has 0 aromatic carbocycles. The van der Waals surface area contributed by atoms with Crippen molar-refractivity contribution in [3.8, 4) is 0 Å². The molecular weight excluding hydrogens is 218 g/mol. The molecule has 2 N–H and O–H groups in total. The molecule has 2 aliphatic heterocycles. The number of piperidine rings is 1. The van der Waals surface area contributed by atoms with Gasteiger partial charge >= 0.3 is 0 Å². The molecule has 0 aromatic rings. The summed E-state index contributed by atoms with van der Waals surface area (Å²) in [4.78, 5) is 15.9. The van der Waals surface area contributed by atoms with Crippen LogP contribution < -0.4 is 5.73 Å². The van der Waals surface area contributed by atoms with Crippen molar-refractivity contribution in [2.75, 3.05) is 52.5 Å². The largest absolute Gasteiger partial charge is 0.379 e. The van der Waals surface area contributed by atoms with Gasteiger partial charge in [0.1, 0.15) is 0 Å². The molecule has 2 rings (SSSR count). The highest BCUT2D eigenvalue weighted by Crippen LogP contribution is 2.16. The Labute approximate surface area is 103 Å². The van der Waals surface area contributed by atoms with E-state index in [4.69, 9.17) is 10.5 Å². The Bertz CT molecular complexity index is 246. The molecule has 1 amide bonds. The fourth-order valence-corrected chi connectivity index (χ4v) is 2.55. The third-order valence-corrected chi connectivity index (χ3v) is 3.83. The highest BCUT2D eigenvalue weighted by Gasteiger charge is 2.23. The van der Waals surface area contributed by atoms with Crippen LogP contribution in [0.1, 0.15) is 12.8 Å². The van der Waals surface area contributed by atoms with Gasteiger partial charge in [0.25, 0.3) is 0 Å². The van der Waals surface area contributed by atoms with Crippen molar-refractivity contribution in [3.05, 3.63) is 0 Å². The fraction of sp³-hybridized carbons (Fsp3) is 0.917. The van der Waals surface area contributed by atoms with Gasteiger partial charge in [-0.15, -0.1) is 0 Å². The minimum absolute atomic E-state index is 0.106. The van der Waals surface area contributed by atoms with Gasteiger partial charge in [0, 0.05) is 32.1 Å². The van der Waals surface area contributed by atoms with Crippen LogP contribution in [0.5, 0.6) is 0 Å². The van der Waals surface area contributed by atoms with Gasteiger partial charge in [-0.05, 0) is 25.9 Å². The molecule has 2 heterocycles. The van der Waals surface area contributed by atoms with Crippen LogP contribution in [0.2, 0.25) is 0 Å². The Kier molecular flexibility index (Phi) is 4.76. The summed E-state index contributed by atoms with van der Waals surface area (Å²) >= 11 is 0. The van der Waals surface area contributed by atoms with E-state index in [1.54, 1.807) is 0 Å². The number of carbonyl (C=O) groups is 1. The summed E-state index contributed by atoms with van der Waals surface area (Å²) in [6.45, 7) is 8.08. The molecule has 0 unspecified atom stereocenters. The maximum atomic E-state index is 11.0. The normalized spacial score (nSPS) is 24.9. The number of likely N-dealkylation sites (tertiary alicyclic amines) is 1. The molecule has 2 saturated heterocycles. The van der Waals surface area contributed by atoms with Gasteiger partial charge in [0.2, 0.25) is 5.91 Å². The average molecular weight is 241 g/mol. The zero-order valence-corrected chi connectivity index (χ0v) is 10.4. The maximum Gasteiger partial charge on any atom is 0.220 e. The molecule has 17 heavy (non-hydrogen) atoms. The van der Waals surface area contributed by atoms with E-state index >= 15 is 0 Å². The summed E-state index contributed by atoms with van der Waals surface area (Å²) in [5.41, 5.74) is 5.32. The fourth-order valence-electron chi connectivity index (χ4n) is 2.55. The Morgan fingerprint density at radius 1 is 1.06 bits per heavy atom. The number of morpholine rings is 1. The van der Waals surface area contributed by atoms with Gasteiger partial charge < -0.3 is 15.4 Å². The molecule has 0 aliphatic carbocycles. The Balaban J connectivity index is 1.62. The van der Waals surface area contributed by atoms with Crippen molar-refractivity contribution in [2.45, 2.75) is 12.8 Å². The molecule has 98 valence electrons. The number of amides is 1. The maximum absolute atomic E-state index is 11.0. The van der Waals surface area contributed by atoms with E-state index in [2.05, 4.69) is 9.80 Å². The second kappa shape index (κ2) is 6.33. The first-order valence-corrected chi connectivity index (χ1v) is 6.57. The molecule has 0 bridgehead atoms. The van der Waals surface area contributed by atoms with E-state index in [9.17, 15) is 4.79 Å². The van der Waals surface area contributed by atoms with E-state index in [1.807, 2.05) is 0 Å². The van der Waals surface area contributed by atoms with E-state index in [0.29, 0.717) is 0 Å². The summed E-state index contributed by atoms with van der Waals surface area (Å²) in [6, 6.07) is 0. The predicted octanol–water partition coefficient (Wildman–Crippen LogP) is -0.484. The SMILES string of the molecule is NC(=O)C1CCN(CCN2CCOCC2)CC1. The first-order valence-electron chi connectivity index (χ1n) is 6.57.